The molecule has 0 saturated carbocycles. The topological polar surface area (TPSA) is 90.0 Å². The van der Waals surface area contributed by atoms with Crippen LogP contribution in [-0.4, -0.2) is 37.0 Å². The van der Waals surface area contributed by atoms with Gasteiger partial charge in [0, 0.05) is 19.8 Å². The molecule has 4 amide bonds. The van der Waals surface area contributed by atoms with E-state index < -0.39 is 17.8 Å². The molecule has 2 N–H and O–H groups in total. The third kappa shape index (κ3) is 3.14. The van der Waals surface area contributed by atoms with Crippen LogP contribution in [0.5, 0.6) is 5.75 Å². The molecular weight excluding hydrogens is 334 g/mol. The van der Waals surface area contributed by atoms with Gasteiger partial charge >= 0.3 is 6.03 Å². The Morgan fingerprint density at radius 2 is 1.65 bits per heavy atom. The first-order valence-electron chi connectivity index (χ1n) is 7.85. The summed E-state index contributed by atoms with van der Waals surface area (Å²) in [6, 6.07) is 12.3. The van der Waals surface area contributed by atoms with Crippen molar-refractivity contribution in [3.63, 3.8) is 0 Å². The Kier molecular flexibility index (Phi) is 4.45. The molecule has 3 rings (SSSR count). The molecule has 0 bridgehead atoms. The Morgan fingerprint density at radius 3 is 2.27 bits per heavy atom. The van der Waals surface area contributed by atoms with Crippen LogP contribution >= 0.6 is 0 Å². The van der Waals surface area contributed by atoms with Crippen LogP contribution in [0.4, 0.5) is 16.2 Å². The predicted octanol–water partition coefficient (Wildman–Crippen LogP) is 2.12. The van der Waals surface area contributed by atoms with Crippen molar-refractivity contribution in [3.05, 3.63) is 59.7 Å². The van der Waals surface area contributed by atoms with Gasteiger partial charge in [-0.05, 0) is 35.9 Å². The van der Waals surface area contributed by atoms with Gasteiger partial charge in [0.2, 0.25) is 0 Å². The van der Waals surface area contributed by atoms with E-state index in [0.29, 0.717) is 5.56 Å². The van der Waals surface area contributed by atoms with Crippen molar-refractivity contribution in [2.75, 3.05) is 23.9 Å². The van der Waals surface area contributed by atoms with Gasteiger partial charge in [-0.3, -0.25) is 14.9 Å². The normalized spacial score (nSPS) is 16.0. The van der Waals surface area contributed by atoms with Crippen molar-refractivity contribution in [3.8, 4) is 5.75 Å². The highest BCUT2D eigenvalue weighted by atomic mass is 16.3. The number of rotatable bonds is 3. The van der Waals surface area contributed by atoms with Crippen molar-refractivity contribution in [1.82, 2.24) is 5.32 Å². The monoisotopic (exact) mass is 351 g/mol. The zero-order valence-corrected chi connectivity index (χ0v) is 14.3. The molecule has 1 heterocycles. The van der Waals surface area contributed by atoms with Crippen LogP contribution in [0.1, 0.15) is 5.56 Å². The average molecular weight is 351 g/mol. The summed E-state index contributed by atoms with van der Waals surface area (Å²) in [5.41, 5.74) is 1.43. The molecule has 0 aromatic heterocycles. The minimum absolute atomic E-state index is 0.0105. The lowest BCUT2D eigenvalue weighted by atomic mass is 10.1. The van der Waals surface area contributed by atoms with E-state index in [1.54, 1.807) is 24.3 Å². The van der Waals surface area contributed by atoms with Gasteiger partial charge in [0.05, 0.1) is 5.69 Å². The molecule has 1 aliphatic rings. The quantitative estimate of drug-likeness (QED) is 0.653. The summed E-state index contributed by atoms with van der Waals surface area (Å²) in [4.78, 5) is 39.7. The SMILES string of the molecule is CN(C)c1ccc(C=C2C(=O)NC(=O)N(c3ccccc3O)C2=O)cc1. The second kappa shape index (κ2) is 6.72. The molecule has 7 heteroatoms. The number of barbiturate groups is 1. The number of nitrogens with zero attached hydrogens (tertiary/aromatic N) is 2. The summed E-state index contributed by atoms with van der Waals surface area (Å²) in [5, 5.41) is 12.1. The minimum atomic E-state index is -0.901. The molecule has 0 radical (unpaired) electrons. The average Bonchev–Trinajstić information content (AvgIpc) is 2.60. The fraction of sp³-hybridized carbons (Fsp3) is 0.105. The molecule has 2 aromatic carbocycles. The summed E-state index contributed by atoms with van der Waals surface area (Å²) in [6.45, 7) is 0. The number of hydrogen-bond donors (Lipinski definition) is 2. The lowest BCUT2D eigenvalue weighted by Gasteiger charge is -2.26. The first-order valence-corrected chi connectivity index (χ1v) is 7.85. The summed E-state index contributed by atoms with van der Waals surface area (Å²) >= 11 is 0. The van der Waals surface area contributed by atoms with Crippen LogP contribution in [0, 0.1) is 0 Å². The first kappa shape index (κ1) is 17.2. The fourth-order valence-electron chi connectivity index (χ4n) is 2.56. The van der Waals surface area contributed by atoms with E-state index in [0.717, 1.165) is 10.6 Å². The number of nitrogens with one attached hydrogen (secondary N) is 1. The van der Waals surface area contributed by atoms with E-state index in [4.69, 9.17) is 0 Å². The maximum absolute atomic E-state index is 12.7. The van der Waals surface area contributed by atoms with Crippen molar-refractivity contribution < 1.29 is 19.5 Å². The Balaban J connectivity index is 1.99. The molecular formula is C19H17N3O4. The Labute approximate surface area is 150 Å². The van der Waals surface area contributed by atoms with Gasteiger partial charge in [-0.25, -0.2) is 9.69 Å². The third-order valence-electron chi connectivity index (χ3n) is 3.94. The number of hydrogen-bond acceptors (Lipinski definition) is 5. The van der Waals surface area contributed by atoms with Gasteiger partial charge in [0.25, 0.3) is 11.8 Å². The number of carbonyl (C=O) groups is 3. The second-order valence-corrected chi connectivity index (χ2v) is 5.93. The van der Waals surface area contributed by atoms with Crippen LogP contribution in [0.3, 0.4) is 0 Å². The van der Waals surface area contributed by atoms with E-state index in [1.165, 1.54) is 18.2 Å². The molecule has 2 aromatic rings. The molecule has 0 spiro atoms. The number of urea groups is 1. The van der Waals surface area contributed by atoms with Crippen LogP contribution < -0.4 is 15.1 Å². The van der Waals surface area contributed by atoms with Gasteiger partial charge in [-0.15, -0.1) is 0 Å². The zero-order valence-electron chi connectivity index (χ0n) is 14.3. The summed E-state index contributed by atoms with van der Waals surface area (Å²) < 4.78 is 0. The van der Waals surface area contributed by atoms with Gasteiger partial charge in [-0.2, -0.15) is 0 Å². The van der Waals surface area contributed by atoms with Crippen molar-refractivity contribution in [2.24, 2.45) is 0 Å². The summed E-state index contributed by atoms with van der Waals surface area (Å²) in [5.74, 6) is -1.81. The maximum Gasteiger partial charge on any atom is 0.336 e. The minimum Gasteiger partial charge on any atom is -0.506 e. The number of carbonyl (C=O) groups excluding carboxylic acids is 3. The lowest BCUT2D eigenvalue weighted by molar-refractivity contribution is -0.122. The number of benzene rings is 2. The van der Waals surface area contributed by atoms with Crippen LogP contribution in [0.2, 0.25) is 0 Å². The Hall–Kier alpha value is -3.61. The Bertz CT molecular complexity index is 917. The highest BCUT2D eigenvalue weighted by molar-refractivity contribution is 6.39. The Morgan fingerprint density at radius 1 is 1.00 bits per heavy atom. The molecule has 1 saturated heterocycles. The number of phenolic OH excluding ortho intramolecular Hbond substituents is 1. The number of anilines is 2. The lowest BCUT2D eigenvalue weighted by Crippen LogP contribution is -2.54. The van der Waals surface area contributed by atoms with Gasteiger partial charge in [0.1, 0.15) is 11.3 Å². The van der Waals surface area contributed by atoms with E-state index in [1.807, 2.05) is 31.1 Å². The molecule has 132 valence electrons. The molecule has 7 nitrogen and oxygen atoms in total. The standard InChI is InChI=1S/C19H17N3O4/c1-21(2)13-9-7-12(8-10-13)11-14-17(24)20-19(26)22(18(14)25)15-5-3-4-6-16(15)23/h3-11,23H,1-2H3,(H,20,24,26). The zero-order chi connectivity index (χ0) is 18.8. The highest BCUT2D eigenvalue weighted by Gasteiger charge is 2.37. The van der Waals surface area contributed by atoms with Crippen molar-refractivity contribution in [1.29, 1.82) is 0 Å². The van der Waals surface area contributed by atoms with E-state index in [-0.39, 0.29) is 17.0 Å². The van der Waals surface area contributed by atoms with Crippen LogP contribution in [0.25, 0.3) is 6.08 Å². The highest BCUT2D eigenvalue weighted by Crippen LogP contribution is 2.29. The number of imide groups is 2. The molecule has 26 heavy (non-hydrogen) atoms. The van der Waals surface area contributed by atoms with Crippen LogP contribution in [0.15, 0.2) is 54.1 Å². The summed E-state index contributed by atoms with van der Waals surface area (Å²) in [7, 11) is 3.81. The molecule has 0 atom stereocenters. The number of phenols is 1. The van der Waals surface area contributed by atoms with E-state index in [9.17, 15) is 19.5 Å². The second-order valence-electron chi connectivity index (χ2n) is 5.93. The van der Waals surface area contributed by atoms with Crippen molar-refractivity contribution >= 4 is 35.3 Å². The molecule has 1 fully saturated rings. The smallest absolute Gasteiger partial charge is 0.336 e. The molecule has 0 aliphatic carbocycles. The van der Waals surface area contributed by atoms with Crippen LogP contribution in [-0.2, 0) is 9.59 Å². The van der Waals surface area contributed by atoms with E-state index >= 15 is 0 Å². The summed E-state index contributed by atoms with van der Waals surface area (Å²) in [6.07, 6.45) is 1.41. The number of para-hydroxylation sites is 2. The third-order valence-corrected chi connectivity index (χ3v) is 3.94. The molecule has 1 aliphatic heterocycles. The fourth-order valence-corrected chi connectivity index (χ4v) is 2.56. The predicted molar refractivity (Wildman–Crippen MR) is 97.9 cm³/mol. The molecule has 0 unspecified atom stereocenters. The maximum atomic E-state index is 12.7. The van der Waals surface area contributed by atoms with Crippen molar-refractivity contribution in [2.45, 2.75) is 0 Å². The number of aromatic hydroxyl groups is 1. The van der Waals surface area contributed by atoms with E-state index in [2.05, 4.69) is 5.32 Å². The number of amides is 4. The van der Waals surface area contributed by atoms with Gasteiger partial charge in [-0.1, -0.05) is 24.3 Å². The van der Waals surface area contributed by atoms with Gasteiger partial charge < -0.3 is 10.0 Å². The largest absolute Gasteiger partial charge is 0.506 e. The first-order chi connectivity index (χ1) is 12.4. The van der Waals surface area contributed by atoms with Gasteiger partial charge in [0.15, 0.2) is 0 Å².